The van der Waals surface area contributed by atoms with E-state index < -0.39 is 0 Å². The Morgan fingerprint density at radius 3 is 2.32 bits per heavy atom. The molecule has 1 aliphatic heterocycles. The summed E-state index contributed by atoms with van der Waals surface area (Å²) in [5, 5.41) is 14.0. The molecule has 25 heavy (non-hydrogen) atoms. The third-order valence-electron chi connectivity index (χ3n) is 7.13. The number of nitriles is 1. The number of nitrogens with one attached hydrogen (secondary N) is 1. The third kappa shape index (κ3) is 2.36. The van der Waals surface area contributed by atoms with Gasteiger partial charge in [-0.15, -0.1) is 0 Å². The van der Waals surface area contributed by atoms with Gasteiger partial charge in [-0.25, -0.2) is 0 Å². The summed E-state index contributed by atoms with van der Waals surface area (Å²) in [6, 6.07) is 9.07. The largest absolute Gasteiger partial charge is 0.486 e. The molecule has 0 radical (unpaired) electrons. The summed E-state index contributed by atoms with van der Waals surface area (Å²) in [5.74, 6) is 4.44. The predicted molar refractivity (Wildman–Crippen MR) is 94.4 cm³/mol. The van der Waals surface area contributed by atoms with Crippen molar-refractivity contribution in [2.75, 3.05) is 13.2 Å². The number of benzene rings is 1. The molecule has 5 aliphatic rings. The summed E-state index contributed by atoms with van der Waals surface area (Å²) in [4.78, 5) is 0. The van der Waals surface area contributed by atoms with Crippen molar-refractivity contribution in [1.29, 1.82) is 5.26 Å². The van der Waals surface area contributed by atoms with Crippen molar-refractivity contribution in [2.24, 2.45) is 23.7 Å². The highest BCUT2D eigenvalue weighted by Gasteiger charge is 2.58. The fraction of sp³-hybridized carbons (Fsp3) is 0.667. The van der Waals surface area contributed by atoms with E-state index in [0.29, 0.717) is 25.0 Å². The van der Waals surface area contributed by atoms with Crippen LogP contribution >= 0.6 is 0 Å². The SMILES string of the molecule is CC(NC1(C#N)C2CC3CC(C2)CC1C3)c1ccc2c(c1)OCCO2. The molecular formula is C21H26N2O2. The summed E-state index contributed by atoms with van der Waals surface area (Å²) in [7, 11) is 0. The van der Waals surface area contributed by atoms with Gasteiger partial charge in [-0.05, 0) is 80.4 Å². The number of nitrogens with zero attached hydrogens (tertiary/aromatic N) is 1. The molecule has 4 saturated carbocycles. The molecule has 4 fully saturated rings. The molecule has 1 N–H and O–H groups in total. The van der Waals surface area contributed by atoms with Gasteiger partial charge in [0, 0.05) is 6.04 Å². The van der Waals surface area contributed by atoms with E-state index in [1.807, 2.05) is 6.07 Å². The van der Waals surface area contributed by atoms with Crippen LogP contribution in [0, 0.1) is 35.0 Å². The van der Waals surface area contributed by atoms with Crippen molar-refractivity contribution in [3.63, 3.8) is 0 Å². The second-order valence-corrected chi connectivity index (χ2v) is 8.55. The first-order chi connectivity index (χ1) is 12.2. The molecular weight excluding hydrogens is 312 g/mol. The van der Waals surface area contributed by atoms with E-state index >= 15 is 0 Å². The van der Waals surface area contributed by atoms with Gasteiger partial charge in [-0.2, -0.15) is 5.26 Å². The molecule has 4 bridgehead atoms. The maximum Gasteiger partial charge on any atom is 0.161 e. The van der Waals surface area contributed by atoms with E-state index in [-0.39, 0.29) is 11.6 Å². The number of hydrogen-bond donors (Lipinski definition) is 1. The molecule has 0 aromatic heterocycles. The molecule has 1 aromatic rings. The molecule has 1 atom stereocenters. The van der Waals surface area contributed by atoms with Crippen LogP contribution in [0.15, 0.2) is 18.2 Å². The number of rotatable bonds is 3. The van der Waals surface area contributed by atoms with Gasteiger partial charge < -0.3 is 9.47 Å². The average Bonchev–Trinajstić information content (AvgIpc) is 2.63. The quantitative estimate of drug-likeness (QED) is 0.910. The van der Waals surface area contributed by atoms with Crippen LogP contribution in [0.25, 0.3) is 0 Å². The van der Waals surface area contributed by atoms with E-state index in [4.69, 9.17) is 9.47 Å². The molecule has 132 valence electrons. The zero-order valence-electron chi connectivity index (χ0n) is 14.8. The minimum atomic E-state index is -0.347. The molecule has 1 heterocycles. The Balaban J connectivity index is 1.41. The number of fused-ring (bicyclic) bond motifs is 1. The smallest absolute Gasteiger partial charge is 0.161 e. The van der Waals surface area contributed by atoms with Crippen LogP contribution in [-0.2, 0) is 0 Å². The Kier molecular flexibility index (Phi) is 3.50. The first-order valence-electron chi connectivity index (χ1n) is 9.76. The van der Waals surface area contributed by atoms with Crippen LogP contribution < -0.4 is 14.8 Å². The van der Waals surface area contributed by atoms with E-state index in [1.165, 1.54) is 37.7 Å². The van der Waals surface area contributed by atoms with Crippen molar-refractivity contribution >= 4 is 0 Å². The van der Waals surface area contributed by atoms with Gasteiger partial charge in [0.05, 0.1) is 6.07 Å². The Labute approximate surface area is 149 Å². The van der Waals surface area contributed by atoms with Crippen molar-refractivity contribution in [2.45, 2.75) is 50.6 Å². The Bertz CT molecular complexity index is 695. The van der Waals surface area contributed by atoms with Crippen molar-refractivity contribution < 1.29 is 9.47 Å². The van der Waals surface area contributed by atoms with Gasteiger partial charge in [0.1, 0.15) is 18.8 Å². The van der Waals surface area contributed by atoms with E-state index in [9.17, 15) is 5.26 Å². The van der Waals surface area contributed by atoms with Crippen LogP contribution in [-0.4, -0.2) is 18.8 Å². The van der Waals surface area contributed by atoms with Crippen LogP contribution in [0.5, 0.6) is 11.5 Å². The lowest BCUT2D eigenvalue weighted by Crippen LogP contribution is -2.64. The van der Waals surface area contributed by atoms with Gasteiger partial charge in [-0.3, -0.25) is 5.32 Å². The highest BCUT2D eigenvalue weighted by Crippen LogP contribution is 2.58. The summed E-state index contributed by atoms with van der Waals surface area (Å²) >= 11 is 0. The second kappa shape index (κ2) is 5.64. The Morgan fingerprint density at radius 1 is 1.04 bits per heavy atom. The van der Waals surface area contributed by atoms with E-state index in [2.05, 4.69) is 30.4 Å². The van der Waals surface area contributed by atoms with Gasteiger partial charge in [-0.1, -0.05) is 6.07 Å². The first-order valence-corrected chi connectivity index (χ1v) is 9.76. The highest BCUT2D eigenvalue weighted by atomic mass is 16.6. The maximum atomic E-state index is 10.2. The normalized spacial score (nSPS) is 39.0. The van der Waals surface area contributed by atoms with Crippen LogP contribution in [0.4, 0.5) is 0 Å². The van der Waals surface area contributed by atoms with Gasteiger partial charge in [0.2, 0.25) is 0 Å². The first kappa shape index (κ1) is 15.5. The zero-order valence-corrected chi connectivity index (χ0v) is 14.8. The van der Waals surface area contributed by atoms with Gasteiger partial charge in [0.15, 0.2) is 11.5 Å². The number of ether oxygens (including phenoxy) is 2. The summed E-state index contributed by atoms with van der Waals surface area (Å²) in [6.45, 7) is 3.40. The monoisotopic (exact) mass is 338 g/mol. The van der Waals surface area contributed by atoms with Crippen molar-refractivity contribution in [1.82, 2.24) is 5.32 Å². The summed E-state index contributed by atoms with van der Waals surface area (Å²) in [6.07, 6.45) is 6.36. The van der Waals surface area contributed by atoms with Crippen LogP contribution in [0.1, 0.15) is 50.6 Å². The fourth-order valence-electron chi connectivity index (χ4n) is 6.15. The molecule has 0 saturated heterocycles. The third-order valence-corrected chi connectivity index (χ3v) is 7.13. The molecule has 4 nitrogen and oxygen atoms in total. The standard InChI is InChI=1S/C21H26N2O2/c1-13(16-2-3-19-20(11-16)25-5-4-24-19)23-21(12-22)17-7-14-6-15(9-17)10-18(21)8-14/h2-3,11,13-15,17-18,23H,4-10H2,1H3. The lowest BCUT2D eigenvalue weighted by molar-refractivity contribution is -0.0506. The fourth-order valence-corrected chi connectivity index (χ4v) is 6.15. The topological polar surface area (TPSA) is 54.3 Å². The second-order valence-electron chi connectivity index (χ2n) is 8.55. The molecule has 4 aliphatic carbocycles. The van der Waals surface area contributed by atoms with Gasteiger partial charge >= 0.3 is 0 Å². The predicted octanol–water partition coefficient (Wildman–Crippen LogP) is 3.83. The van der Waals surface area contributed by atoms with Gasteiger partial charge in [0.25, 0.3) is 0 Å². The van der Waals surface area contributed by atoms with Crippen molar-refractivity contribution in [3.8, 4) is 17.6 Å². The highest BCUT2D eigenvalue weighted by molar-refractivity contribution is 5.44. The molecule has 4 heteroatoms. The van der Waals surface area contributed by atoms with E-state index in [1.54, 1.807) is 0 Å². The molecule has 0 spiro atoms. The summed E-state index contributed by atoms with van der Waals surface area (Å²) in [5.41, 5.74) is 0.827. The minimum absolute atomic E-state index is 0.132. The van der Waals surface area contributed by atoms with Crippen LogP contribution in [0.3, 0.4) is 0 Å². The summed E-state index contributed by atoms with van der Waals surface area (Å²) < 4.78 is 11.4. The van der Waals surface area contributed by atoms with Crippen molar-refractivity contribution in [3.05, 3.63) is 23.8 Å². The Hall–Kier alpha value is -1.73. The number of hydrogen-bond acceptors (Lipinski definition) is 4. The Morgan fingerprint density at radius 2 is 1.68 bits per heavy atom. The average molecular weight is 338 g/mol. The maximum absolute atomic E-state index is 10.2. The lowest BCUT2D eigenvalue weighted by Gasteiger charge is -2.59. The zero-order chi connectivity index (χ0) is 17.0. The van der Waals surface area contributed by atoms with E-state index in [0.717, 1.165) is 23.3 Å². The van der Waals surface area contributed by atoms with Crippen LogP contribution in [0.2, 0.25) is 0 Å². The lowest BCUT2D eigenvalue weighted by atomic mass is 9.49. The molecule has 0 amide bonds. The minimum Gasteiger partial charge on any atom is -0.486 e. The molecule has 1 aromatic carbocycles. The molecule has 1 unspecified atom stereocenters. The molecule has 6 rings (SSSR count).